The van der Waals surface area contributed by atoms with E-state index >= 15 is 0 Å². The second-order valence-corrected chi connectivity index (χ2v) is 7.24. The molecule has 2 aromatic carbocycles. The zero-order chi connectivity index (χ0) is 20.1. The molecular formula is C18H17ClFN5O2S. The van der Waals surface area contributed by atoms with Crippen molar-refractivity contribution < 1.29 is 13.9 Å². The van der Waals surface area contributed by atoms with Crippen molar-refractivity contribution in [1.29, 1.82) is 0 Å². The summed E-state index contributed by atoms with van der Waals surface area (Å²) >= 11 is 7.11. The number of thioether (sulfide) groups is 1. The molecule has 0 fully saturated rings. The van der Waals surface area contributed by atoms with Crippen LogP contribution < -0.4 is 4.74 Å². The predicted molar refractivity (Wildman–Crippen MR) is 104 cm³/mol. The first-order valence-corrected chi connectivity index (χ1v) is 9.58. The third kappa shape index (κ3) is 4.79. The summed E-state index contributed by atoms with van der Waals surface area (Å²) in [7, 11) is 3.07. The summed E-state index contributed by atoms with van der Waals surface area (Å²) in [5.74, 6) is -0.283. The second-order valence-electron chi connectivity index (χ2n) is 5.86. The van der Waals surface area contributed by atoms with E-state index in [0.717, 1.165) is 5.69 Å². The van der Waals surface area contributed by atoms with Crippen LogP contribution in [0.15, 0.2) is 47.6 Å². The molecule has 0 spiro atoms. The number of carbonyl (C=O) groups is 1. The average molecular weight is 422 g/mol. The molecule has 0 aliphatic carbocycles. The predicted octanol–water partition coefficient (Wildman–Crippen LogP) is 3.21. The van der Waals surface area contributed by atoms with Gasteiger partial charge in [-0.1, -0.05) is 29.4 Å². The van der Waals surface area contributed by atoms with Crippen molar-refractivity contribution >= 4 is 29.3 Å². The number of methoxy groups -OCH3 is 1. The highest BCUT2D eigenvalue weighted by Gasteiger charge is 2.15. The largest absolute Gasteiger partial charge is 0.494 e. The van der Waals surface area contributed by atoms with Crippen LogP contribution >= 0.6 is 23.4 Å². The molecule has 0 radical (unpaired) electrons. The summed E-state index contributed by atoms with van der Waals surface area (Å²) in [6, 6.07) is 11.7. The van der Waals surface area contributed by atoms with Gasteiger partial charge in [0.25, 0.3) is 0 Å². The van der Waals surface area contributed by atoms with Gasteiger partial charge in [-0.25, -0.2) is 4.39 Å². The van der Waals surface area contributed by atoms with Crippen LogP contribution in [0.1, 0.15) is 5.56 Å². The van der Waals surface area contributed by atoms with Gasteiger partial charge in [0.1, 0.15) is 0 Å². The first kappa shape index (κ1) is 20.1. The van der Waals surface area contributed by atoms with E-state index in [1.807, 2.05) is 0 Å². The van der Waals surface area contributed by atoms with E-state index in [1.165, 1.54) is 40.6 Å². The summed E-state index contributed by atoms with van der Waals surface area (Å²) in [5, 5.41) is 12.7. The zero-order valence-electron chi connectivity index (χ0n) is 15.2. The number of nitrogens with zero attached hydrogens (tertiary/aromatic N) is 5. The minimum atomic E-state index is -0.461. The van der Waals surface area contributed by atoms with Gasteiger partial charge in [-0.2, -0.15) is 4.68 Å². The molecule has 0 atom stereocenters. The maximum atomic E-state index is 13.8. The molecule has 1 heterocycles. The number of ether oxygens (including phenoxy) is 1. The third-order valence-electron chi connectivity index (χ3n) is 3.90. The Morgan fingerprint density at radius 3 is 2.71 bits per heavy atom. The molecule has 0 bridgehead atoms. The molecule has 3 aromatic rings. The van der Waals surface area contributed by atoms with Crippen molar-refractivity contribution in [3.8, 4) is 11.4 Å². The Balaban J connectivity index is 1.60. The minimum absolute atomic E-state index is 0.133. The number of hydrogen-bond donors (Lipinski definition) is 0. The third-order valence-corrected chi connectivity index (χ3v) is 5.05. The number of benzene rings is 2. The van der Waals surface area contributed by atoms with Crippen LogP contribution in [0.25, 0.3) is 5.69 Å². The molecule has 0 aliphatic rings. The van der Waals surface area contributed by atoms with E-state index in [1.54, 1.807) is 37.4 Å². The molecular weight excluding hydrogens is 405 g/mol. The van der Waals surface area contributed by atoms with Crippen molar-refractivity contribution in [3.63, 3.8) is 0 Å². The first-order chi connectivity index (χ1) is 13.5. The van der Waals surface area contributed by atoms with Crippen LogP contribution in [0.2, 0.25) is 5.02 Å². The first-order valence-electron chi connectivity index (χ1n) is 8.21. The lowest BCUT2D eigenvalue weighted by molar-refractivity contribution is -0.127. The van der Waals surface area contributed by atoms with Crippen LogP contribution in [-0.2, 0) is 11.3 Å². The fraction of sp³-hybridized carbons (Fsp3) is 0.222. The topological polar surface area (TPSA) is 73.1 Å². The molecule has 1 aromatic heterocycles. The summed E-state index contributed by atoms with van der Waals surface area (Å²) in [6.07, 6.45) is 0. The van der Waals surface area contributed by atoms with Crippen molar-refractivity contribution in [2.24, 2.45) is 0 Å². The van der Waals surface area contributed by atoms with Gasteiger partial charge >= 0.3 is 0 Å². The Morgan fingerprint density at radius 2 is 2.04 bits per heavy atom. The van der Waals surface area contributed by atoms with Crippen molar-refractivity contribution in [2.75, 3.05) is 19.9 Å². The van der Waals surface area contributed by atoms with Crippen LogP contribution in [-0.4, -0.2) is 50.9 Å². The Morgan fingerprint density at radius 1 is 1.29 bits per heavy atom. The number of tetrazole rings is 1. The summed E-state index contributed by atoms with van der Waals surface area (Å²) in [5.41, 5.74) is 1.41. The lowest BCUT2D eigenvalue weighted by atomic mass is 10.2. The molecule has 0 N–H and O–H groups in total. The Labute approximate surface area is 170 Å². The number of carbonyl (C=O) groups excluding carboxylic acids is 1. The van der Waals surface area contributed by atoms with E-state index in [0.29, 0.717) is 15.7 Å². The number of halogens is 2. The van der Waals surface area contributed by atoms with E-state index in [9.17, 15) is 9.18 Å². The van der Waals surface area contributed by atoms with E-state index in [-0.39, 0.29) is 24.0 Å². The molecule has 28 heavy (non-hydrogen) atoms. The molecule has 0 saturated carbocycles. The normalized spacial score (nSPS) is 10.7. The smallest absolute Gasteiger partial charge is 0.233 e. The number of amides is 1. The second kappa shape index (κ2) is 9.03. The average Bonchev–Trinajstić information content (AvgIpc) is 3.15. The molecule has 10 heteroatoms. The van der Waals surface area contributed by atoms with Gasteiger partial charge < -0.3 is 9.64 Å². The van der Waals surface area contributed by atoms with Crippen LogP contribution in [0, 0.1) is 5.82 Å². The highest BCUT2D eigenvalue weighted by Crippen LogP contribution is 2.21. The Hall–Kier alpha value is -2.65. The highest BCUT2D eigenvalue weighted by atomic mass is 35.5. The molecule has 7 nitrogen and oxygen atoms in total. The summed E-state index contributed by atoms with van der Waals surface area (Å²) in [6.45, 7) is 0.280. The maximum Gasteiger partial charge on any atom is 0.233 e. The van der Waals surface area contributed by atoms with Crippen molar-refractivity contribution in [1.82, 2.24) is 25.1 Å². The van der Waals surface area contributed by atoms with Crippen LogP contribution in [0.4, 0.5) is 4.39 Å². The SMILES string of the molecule is COc1ccc(CN(C)C(=O)CSc2nnnn2-c2ccc(Cl)cc2)cc1F. The molecule has 146 valence electrons. The minimum Gasteiger partial charge on any atom is -0.494 e. The molecule has 0 aliphatic heterocycles. The lowest BCUT2D eigenvalue weighted by Crippen LogP contribution is -2.28. The van der Waals surface area contributed by atoms with Crippen molar-refractivity contribution in [2.45, 2.75) is 11.7 Å². The van der Waals surface area contributed by atoms with Crippen molar-refractivity contribution in [3.05, 3.63) is 58.9 Å². The Bertz CT molecular complexity index is 967. The quantitative estimate of drug-likeness (QED) is 0.545. The van der Waals surface area contributed by atoms with E-state index in [2.05, 4.69) is 15.5 Å². The van der Waals surface area contributed by atoms with Crippen LogP contribution in [0.3, 0.4) is 0 Å². The number of hydrogen-bond acceptors (Lipinski definition) is 6. The number of aromatic nitrogens is 4. The summed E-state index contributed by atoms with van der Waals surface area (Å²) < 4.78 is 20.2. The van der Waals surface area contributed by atoms with E-state index < -0.39 is 5.82 Å². The van der Waals surface area contributed by atoms with Gasteiger partial charge in [-0.3, -0.25) is 4.79 Å². The standard InChI is InChI=1S/C18H17ClFN5O2S/c1-24(10-12-3-8-16(27-2)15(20)9-12)17(26)11-28-18-21-22-23-25(18)14-6-4-13(19)5-7-14/h3-9H,10-11H2,1-2H3. The highest BCUT2D eigenvalue weighted by molar-refractivity contribution is 7.99. The van der Waals surface area contributed by atoms with Gasteiger partial charge in [0.05, 0.1) is 18.6 Å². The molecule has 3 rings (SSSR count). The molecule has 0 unspecified atom stereocenters. The zero-order valence-corrected chi connectivity index (χ0v) is 16.7. The molecule has 1 amide bonds. The monoisotopic (exact) mass is 421 g/mol. The van der Waals surface area contributed by atoms with Crippen LogP contribution in [0.5, 0.6) is 5.75 Å². The van der Waals surface area contributed by atoms with Gasteiger partial charge in [0.2, 0.25) is 11.1 Å². The van der Waals surface area contributed by atoms with Gasteiger partial charge in [0.15, 0.2) is 11.6 Å². The molecule has 0 saturated heterocycles. The van der Waals surface area contributed by atoms with Gasteiger partial charge in [0, 0.05) is 18.6 Å². The lowest BCUT2D eigenvalue weighted by Gasteiger charge is -2.17. The fourth-order valence-corrected chi connectivity index (χ4v) is 3.38. The van der Waals surface area contributed by atoms with E-state index in [4.69, 9.17) is 16.3 Å². The van der Waals surface area contributed by atoms with Gasteiger partial charge in [-0.05, 0) is 52.4 Å². The number of rotatable bonds is 7. The fourth-order valence-electron chi connectivity index (χ4n) is 2.42. The Kier molecular flexibility index (Phi) is 6.48. The summed E-state index contributed by atoms with van der Waals surface area (Å²) in [4.78, 5) is 14.0. The maximum absolute atomic E-state index is 13.8. The van der Waals surface area contributed by atoms with Gasteiger partial charge in [-0.15, -0.1) is 5.10 Å².